The first-order chi connectivity index (χ1) is 9.22. The smallest absolute Gasteiger partial charge is 0.0727 e. The number of ether oxygens (including phenoxy) is 1. The molecular weight excluding hydrogens is 240 g/mol. The summed E-state index contributed by atoms with van der Waals surface area (Å²) in [5.41, 5.74) is 13.1. The topological polar surface area (TPSA) is 63.4 Å². The Bertz CT molecular complexity index is 593. The molecule has 0 saturated carbocycles. The van der Waals surface area contributed by atoms with Gasteiger partial charge in [0.05, 0.1) is 24.4 Å². The third-order valence-electron chi connectivity index (χ3n) is 3.25. The molecule has 0 aliphatic carbocycles. The molecule has 5 nitrogen and oxygen atoms in total. The maximum absolute atomic E-state index is 5.87. The number of nitrogens with two attached hydrogens (primary N) is 1. The molecule has 0 amide bonds. The standard InChI is InChI=1S/C14H18N4O/c1-10-8-14(17-18-4-6-19-7-5-18)12-9-11(15)2-3-13(12)16-10/h2-3,8-9H,4-7,15H2,1H3,(H,16,17). The molecule has 1 aliphatic rings. The zero-order valence-corrected chi connectivity index (χ0v) is 11.0. The van der Waals surface area contributed by atoms with Crippen LogP contribution < -0.4 is 11.2 Å². The van der Waals surface area contributed by atoms with Gasteiger partial charge in [-0.1, -0.05) is 0 Å². The first-order valence-corrected chi connectivity index (χ1v) is 6.48. The number of benzene rings is 1. The van der Waals surface area contributed by atoms with E-state index in [9.17, 15) is 0 Å². The van der Waals surface area contributed by atoms with Gasteiger partial charge in [-0.2, -0.15) is 0 Å². The van der Waals surface area contributed by atoms with Crippen molar-refractivity contribution in [2.24, 2.45) is 0 Å². The number of anilines is 2. The van der Waals surface area contributed by atoms with Crippen molar-refractivity contribution in [3.8, 4) is 0 Å². The number of morpholine rings is 1. The fraction of sp³-hybridized carbons (Fsp3) is 0.357. The van der Waals surface area contributed by atoms with E-state index >= 15 is 0 Å². The normalized spacial score (nSPS) is 16.7. The second kappa shape index (κ2) is 5.03. The van der Waals surface area contributed by atoms with Crippen LogP contribution >= 0.6 is 0 Å². The number of pyridine rings is 1. The SMILES string of the molecule is Cc1cc(NN2CCOCC2)c2cc(N)ccc2n1. The number of hydrazine groups is 1. The minimum atomic E-state index is 0.753. The van der Waals surface area contributed by atoms with Gasteiger partial charge in [-0.15, -0.1) is 0 Å². The highest BCUT2D eigenvalue weighted by Gasteiger charge is 2.12. The number of hydrogen-bond donors (Lipinski definition) is 2. The summed E-state index contributed by atoms with van der Waals surface area (Å²) < 4.78 is 5.35. The van der Waals surface area contributed by atoms with Crippen molar-refractivity contribution in [1.82, 2.24) is 9.99 Å². The lowest BCUT2D eigenvalue weighted by Crippen LogP contribution is -2.40. The van der Waals surface area contributed by atoms with E-state index < -0.39 is 0 Å². The van der Waals surface area contributed by atoms with E-state index in [1.807, 2.05) is 25.1 Å². The van der Waals surface area contributed by atoms with Crippen LogP contribution in [0.4, 0.5) is 11.4 Å². The second-order valence-corrected chi connectivity index (χ2v) is 4.80. The third-order valence-corrected chi connectivity index (χ3v) is 3.25. The summed E-state index contributed by atoms with van der Waals surface area (Å²) in [7, 11) is 0. The highest BCUT2D eigenvalue weighted by Crippen LogP contribution is 2.25. The Kier molecular flexibility index (Phi) is 3.23. The minimum Gasteiger partial charge on any atom is -0.399 e. The summed E-state index contributed by atoms with van der Waals surface area (Å²) in [4.78, 5) is 4.53. The fourth-order valence-corrected chi connectivity index (χ4v) is 2.31. The first kappa shape index (κ1) is 12.2. The summed E-state index contributed by atoms with van der Waals surface area (Å²) in [5.74, 6) is 0. The van der Waals surface area contributed by atoms with Crippen LogP contribution in [0.2, 0.25) is 0 Å². The minimum absolute atomic E-state index is 0.753. The molecule has 3 rings (SSSR count). The number of hydrogen-bond acceptors (Lipinski definition) is 5. The van der Waals surface area contributed by atoms with Crippen LogP contribution in [0.15, 0.2) is 24.3 Å². The van der Waals surface area contributed by atoms with Crippen molar-refractivity contribution < 1.29 is 4.74 Å². The molecule has 2 heterocycles. The highest BCUT2D eigenvalue weighted by atomic mass is 16.5. The molecule has 5 heteroatoms. The molecule has 1 fully saturated rings. The summed E-state index contributed by atoms with van der Waals surface area (Å²) in [6, 6.07) is 7.86. The number of nitrogens with zero attached hydrogens (tertiary/aromatic N) is 2. The van der Waals surface area contributed by atoms with E-state index in [0.717, 1.165) is 54.3 Å². The number of aryl methyl sites for hydroxylation is 1. The number of nitrogen functional groups attached to an aromatic ring is 1. The quantitative estimate of drug-likeness (QED) is 0.804. The van der Waals surface area contributed by atoms with Crippen molar-refractivity contribution in [3.05, 3.63) is 30.0 Å². The van der Waals surface area contributed by atoms with Gasteiger partial charge in [0.1, 0.15) is 0 Å². The summed E-state index contributed by atoms with van der Waals surface area (Å²) >= 11 is 0. The Morgan fingerprint density at radius 3 is 2.84 bits per heavy atom. The van der Waals surface area contributed by atoms with Crippen molar-refractivity contribution in [2.75, 3.05) is 37.5 Å². The Labute approximate surface area is 112 Å². The monoisotopic (exact) mass is 258 g/mol. The van der Waals surface area contributed by atoms with E-state index in [4.69, 9.17) is 10.5 Å². The van der Waals surface area contributed by atoms with Gasteiger partial charge < -0.3 is 15.9 Å². The molecule has 0 bridgehead atoms. The van der Waals surface area contributed by atoms with E-state index in [0.29, 0.717) is 0 Å². The molecule has 3 N–H and O–H groups in total. The molecule has 0 radical (unpaired) electrons. The maximum Gasteiger partial charge on any atom is 0.0727 e. The van der Waals surface area contributed by atoms with Gasteiger partial charge in [0.15, 0.2) is 0 Å². The number of fused-ring (bicyclic) bond motifs is 1. The van der Waals surface area contributed by atoms with E-state index in [1.54, 1.807) is 0 Å². The largest absolute Gasteiger partial charge is 0.399 e. The lowest BCUT2D eigenvalue weighted by Gasteiger charge is -2.28. The Hall–Kier alpha value is -1.85. The molecule has 0 atom stereocenters. The molecule has 1 saturated heterocycles. The van der Waals surface area contributed by atoms with Gasteiger partial charge >= 0.3 is 0 Å². The highest BCUT2D eigenvalue weighted by molar-refractivity contribution is 5.93. The van der Waals surface area contributed by atoms with Crippen LogP contribution in [-0.2, 0) is 4.74 Å². The van der Waals surface area contributed by atoms with Crippen molar-refractivity contribution in [1.29, 1.82) is 0 Å². The summed E-state index contributed by atoms with van der Waals surface area (Å²) in [6.07, 6.45) is 0. The van der Waals surface area contributed by atoms with Crippen molar-refractivity contribution in [3.63, 3.8) is 0 Å². The molecule has 0 unspecified atom stereocenters. The molecule has 1 aromatic heterocycles. The lowest BCUT2D eigenvalue weighted by atomic mass is 10.1. The third kappa shape index (κ3) is 2.62. The average molecular weight is 258 g/mol. The molecule has 19 heavy (non-hydrogen) atoms. The molecule has 100 valence electrons. The number of nitrogens with one attached hydrogen (secondary N) is 1. The lowest BCUT2D eigenvalue weighted by molar-refractivity contribution is 0.0497. The van der Waals surface area contributed by atoms with Gasteiger partial charge in [0, 0.05) is 29.9 Å². The van der Waals surface area contributed by atoms with Crippen molar-refractivity contribution in [2.45, 2.75) is 6.92 Å². The van der Waals surface area contributed by atoms with Crippen LogP contribution in [0, 0.1) is 6.92 Å². The van der Waals surface area contributed by atoms with Crippen LogP contribution in [0.1, 0.15) is 5.69 Å². The van der Waals surface area contributed by atoms with E-state index in [-0.39, 0.29) is 0 Å². The molecular formula is C14H18N4O. The van der Waals surface area contributed by atoms with Crippen LogP contribution in [0.25, 0.3) is 10.9 Å². The average Bonchev–Trinajstić information content (AvgIpc) is 2.41. The Balaban J connectivity index is 1.98. The van der Waals surface area contributed by atoms with Gasteiger partial charge in [0.25, 0.3) is 0 Å². The van der Waals surface area contributed by atoms with Gasteiger partial charge in [-0.25, -0.2) is 5.01 Å². The zero-order chi connectivity index (χ0) is 13.2. The van der Waals surface area contributed by atoms with Crippen molar-refractivity contribution >= 4 is 22.3 Å². The summed E-state index contributed by atoms with van der Waals surface area (Å²) in [6.45, 7) is 5.28. The maximum atomic E-state index is 5.87. The van der Waals surface area contributed by atoms with Crippen LogP contribution in [-0.4, -0.2) is 36.3 Å². The van der Waals surface area contributed by atoms with E-state index in [2.05, 4.69) is 21.5 Å². The van der Waals surface area contributed by atoms with Gasteiger partial charge in [-0.05, 0) is 31.2 Å². The first-order valence-electron chi connectivity index (χ1n) is 6.48. The predicted octanol–water partition coefficient (Wildman–Crippen LogP) is 1.78. The molecule has 1 aromatic carbocycles. The molecule has 1 aliphatic heterocycles. The van der Waals surface area contributed by atoms with Gasteiger partial charge in [-0.3, -0.25) is 4.98 Å². The predicted molar refractivity (Wildman–Crippen MR) is 76.9 cm³/mol. The zero-order valence-electron chi connectivity index (χ0n) is 11.0. The van der Waals surface area contributed by atoms with Gasteiger partial charge in [0.2, 0.25) is 0 Å². The fourth-order valence-electron chi connectivity index (χ4n) is 2.31. The van der Waals surface area contributed by atoms with E-state index in [1.165, 1.54) is 0 Å². The van der Waals surface area contributed by atoms with Crippen LogP contribution in [0.3, 0.4) is 0 Å². The number of aromatic nitrogens is 1. The molecule has 0 spiro atoms. The number of rotatable bonds is 2. The Morgan fingerprint density at radius 2 is 2.05 bits per heavy atom. The second-order valence-electron chi connectivity index (χ2n) is 4.80. The molecule has 2 aromatic rings. The van der Waals surface area contributed by atoms with Crippen LogP contribution in [0.5, 0.6) is 0 Å². The Morgan fingerprint density at radius 1 is 1.26 bits per heavy atom. The summed E-state index contributed by atoms with van der Waals surface area (Å²) in [5, 5.41) is 3.22.